The molecule has 1 amide bonds. The largest absolute Gasteiger partial charge is 0.350 e. The molecule has 0 unspecified atom stereocenters. The summed E-state index contributed by atoms with van der Waals surface area (Å²) in [7, 11) is -3.11. The molecule has 5 aliphatic rings. The Hall–Kier alpha value is -0.620. The maximum atomic E-state index is 12.8. The van der Waals surface area contributed by atoms with Crippen LogP contribution >= 0.6 is 0 Å². The van der Waals surface area contributed by atoms with Crippen LogP contribution in [-0.2, 0) is 14.8 Å². The van der Waals surface area contributed by atoms with Crippen molar-refractivity contribution in [3.8, 4) is 0 Å². The van der Waals surface area contributed by atoms with E-state index in [1.54, 1.807) is 11.2 Å². The van der Waals surface area contributed by atoms with E-state index in [4.69, 9.17) is 0 Å². The van der Waals surface area contributed by atoms with Crippen LogP contribution in [0.5, 0.6) is 0 Å². The molecule has 6 heteroatoms. The summed E-state index contributed by atoms with van der Waals surface area (Å²) in [6, 6.07) is 0. The van der Waals surface area contributed by atoms with Crippen molar-refractivity contribution in [3.63, 3.8) is 0 Å². The predicted molar refractivity (Wildman–Crippen MR) is 92.8 cm³/mol. The molecule has 5 rings (SSSR count). The Labute approximate surface area is 145 Å². The Bertz CT molecular complexity index is 572. The molecule has 0 aromatic carbocycles. The summed E-state index contributed by atoms with van der Waals surface area (Å²) in [4.78, 5) is 12.8. The first-order chi connectivity index (χ1) is 11.4. The highest BCUT2D eigenvalue weighted by molar-refractivity contribution is 7.89. The van der Waals surface area contributed by atoms with Crippen molar-refractivity contribution in [3.05, 3.63) is 0 Å². The van der Waals surface area contributed by atoms with Gasteiger partial charge in [-0.2, -0.15) is 0 Å². The molecular weight excluding hydrogens is 324 g/mol. The SMILES string of the molecule is CCS(=O)(=O)N1CCC(C(=O)NC23CC4CC(CC(C4)C2)C3)CC1. The number of hydrogen-bond acceptors (Lipinski definition) is 3. The van der Waals surface area contributed by atoms with Crippen molar-refractivity contribution in [2.24, 2.45) is 23.7 Å². The number of carbonyl (C=O) groups excluding carboxylic acids is 1. The topological polar surface area (TPSA) is 66.5 Å². The fourth-order valence-corrected chi connectivity index (χ4v) is 7.34. The maximum Gasteiger partial charge on any atom is 0.223 e. The fraction of sp³-hybridized carbons (Fsp3) is 0.944. The van der Waals surface area contributed by atoms with Gasteiger partial charge in [0, 0.05) is 24.5 Å². The van der Waals surface area contributed by atoms with Gasteiger partial charge in [0.1, 0.15) is 0 Å². The number of sulfonamides is 1. The Kier molecular flexibility index (Phi) is 4.19. The Balaban J connectivity index is 1.36. The highest BCUT2D eigenvalue weighted by atomic mass is 32.2. The van der Waals surface area contributed by atoms with E-state index in [9.17, 15) is 13.2 Å². The van der Waals surface area contributed by atoms with Crippen LogP contribution in [0.25, 0.3) is 0 Å². The summed E-state index contributed by atoms with van der Waals surface area (Å²) in [6.45, 7) is 2.67. The smallest absolute Gasteiger partial charge is 0.223 e. The molecule has 0 aromatic rings. The van der Waals surface area contributed by atoms with Crippen LogP contribution in [0.4, 0.5) is 0 Å². The monoisotopic (exact) mass is 354 g/mol. The number of amides is 1. The Morgan fingerprint density at radius 2 is 1.54 bits per heavy atom. The number of rotatable bonds is 4. The molecule has 1 saturated heterocycles. The summed E-state index contributed by atoms with van der Waals surface area (Å²) < 4.78 is 25.5. The second-order valence-corrected chi connectivity index (χ2v) is 11.0. The summed E-state index contributed by atoms with van der Waals surface area (Å²) in [6.07, 6.45) is 8.98. The molecule has 5 fully saturated rings. The summed E-state index contributed by atoms with van der Waals surface area (Å²) in [5.41, 5.74) is 0.0679. The van der Waals surface area contributed by atoms with Gasteiger partial charge in [-0.3, -0.25) is 4.79 Å². The van der Waals surface area contributed by atoms with Crippen molar-refractivity contribution in [2.75, 3.05) is 18.8 Å². The van der Waals surface area contributed by atoms with Crippen molar-refractivity contribution in [1.29, 1.82) is 0 Å². The molecule has 0 spiro atoms. The lowest BCUT2D eigenvalue weighted by Crippen LogP contribution is -2.61. The van der Waals surface area contributed by atoms with Crippen LogP contribution in [0.1, 0.15) is 58.3 Å². The van der Waals surface area contributed by atoms with Gasteiger partial charge in [0.05, 0.1) is 5.75 Å². The van der Waals surface area contributed by atoms with Crippen LogP contribution in [0.2, 0.25) is 0 Å². The zero-order valence-electron chi connectivity index (χ0n) is 14.7. The van der Waals surface area contributed by atoms with Crippen LogP contribution < -0.4 is 5.32 Å². The Morgan fingerprint density at radius 1 is 1.04 bits per heavy atom. The van der Waals surface area contributed by atoms with Gasteiger partial charge in [0.25, 0.3) is 0 Å². The van der Waals surface area contributed by atoms with E-state index in [0.29, 0.717) is 25.9 Å². The quantitative estimate of drug-likeness (QED) is 0.841. The lowest BCUT2D eigenvalue weighted by molar-refractivity contribution is -0.132. The van der Waals surface area contributed by atoms with Gasteiger partial charge in [-0.1, -0.05) is 0 Å². The molecule has 136 valence electrons. The van der Waals surface area contributed by atoms with Crippen LogP contribution in [-0.4, -0.2) is 43.0 Å². The number of nitrogens with one attached hydrogen (secondary N) is 1. The van der Waals surface area contributed by atoms with E-state index in [-0.39, 0.29) is 23.1 Å². The number of nitrogens with zero attached hydrogens (tertiary/aromatic N) is 1. The highest BCUT2D eigenvalue weighted by Crippen LogP contribution is 2.55. The van der Waals surface area contributed by atoms with Crippen LogP contribution in [0.3, 0.4) is 0 Å². The fourth-order valence-electron chi connectivity index (χ4n) is 6.21. The van der Waals surface area contributed by atoms with Gasteiger partial charge in [0.2, 0.25) is 15.9 Å². The summed E-state index contributed by atoms with van der Waals surface area (Å²) >= 11 is 0. The first-order valence-corrected chi connectivity index (χ1v) is 11.3. The van der Waals surface area contributed by atoms with Crippen molar-refractivity contribution in [2.45, 2.75) is 63.8 Å². The minimum absolute atomic E-state index is 0.0127. The molecule has 1 heterocycles. The average Bonchev–Trinajstić information content (AvgIpc) is 2.53. The minimum Gasteiger partial charge on any atom is -0.350 e. The third kappa shape index (κ3) is 3.00. The minimum atomic E-state index is -3.11. The van der Waals surface area contributed by atoms with E-state index in [1.807, 2.05) is 0 Å². The summed E-state index contributed by atoms with van der Waals surface area (Å²) in [5.74, 6) is 2.80. The van der Waals surface area contributed by atoms with E-state index >= 15 is 0 Å². The molecule has 1 N–H and O–H groups in total. The number of carbonyl (C=O) groups is 1. The Morgan fingerprint density at radius 3 is 2.00 bits per heavy atom. The molecule has 0 aromatic heterocycles. The molecule has 0 atom stereocenters. The molecule has 5 nitrogen and oxygen atoms in total. The van der Waals surface area contributed by atoms with E-state index in [1.165, 1.54) is 38.5 Å². The average molecular weight is 355 g/mol. The van der Waals surface area contributed by atoms with Crippen molar-refractivity contribution in [1.82, 2.24) is 9.62 Å². The van der Waals surface area contributed by atoms with Gasteiger partial charge in [-0.05, 0) is 76.0 Å². The molecule has 1 aliphatic heterocycles. The maximum absolute atomic E-state index is 12.8. The summed E-state index contributed by atoms with van der Waals surface area (Å²) in [5, 5.41) is 3.45. The number of hydrogen-bond donors (Lipinski definition) is 1. The third-order valence-electron chi connectivity index (χ3n) is 7.01. The van der Waals surface area contributed by atoms with Gasteiger partial charge >= 0.3 is 0 Å². The van der Waals surface area contributed by atoms with Gasteiger partial charge in [-0.15, -0.1) is 0 Å². The van der Waals surface area contributed by atoms with Gasteiger partial charge in [-0.25, -0.2) is 12.7 Å². The first kappa shape index (κ1) is 16.8. The second-order valence-electron chi connectivity index (χ2n) is 8.76. The molecular formula is C18H30N2O3S. The normalized spacial score (nSPS) is 40.0. The number of piperidine rings is 1. The lowest BCUT2D eigenvalue weighted by Gasteiger charge is -2.57. The van der Waals surface area contributed by atoms with Crippen molar-refractivity contribution < 1.29 is 13.2 Å². The first-order valence-electron chi connectivity index (χ1n) is 9.69. The predicted octanol–water partition coefficient (Wildman–Crippen LogP) is 2.13. The van der Waals surface area contributed by atoms with Gasteiger partial charge < -0.3 is 5.32 Å². The molecule has 4 aliphatic carbocycles. The van der Waals surface area contributed by atoms with Gasteiger partial charge in [0.15, 0.2) is 0 Å². The molecule has 4 saturated carbocycles. The standard InChI is InChI=1S/C18H30N2O3S/c1-2-24(22,23)20-5-3-16(4-6-20)17(21)19-18-10-13-7-14(11-18)9-15(8-13)12-18/h13-16H,2-12H2,1H3,(H,19,21). The third-order valence-corrected chi connectivity index (χ3v) is 8.89. The zero-order chi connectivity index (χ0) is 16.9. The lowest BCUT2D eigenvalue weighted by atomic mass is 9.53. The zero-order valence-corrected chi connectivity index (χ0v) is 15.5. The van der Waals surface area contributed by atoms with Crippen LogP contribution in [0.15, 0.2) is 0 Å². The van der Waals surface area contributed by atoms with Crippen molar-refractivity contribution >= 4 is 15.9 Å². The van der Waals surface area contributed by atoms with E-state index in [2.05, 4.69) is 5.32 Å². The highest BCUT2D eigenvalue weighted by Gasteiger charge is 2.51. The molecule has 4 bridgehead atoms. The van der Waals surface area contributed by atoms with Crippen LogP contribution in [0, 0.1) is 23.7 Å². The second kappa shape index (κ2) is 5.97. The van der Waals surface area contributed by atoms with E-state index < -0.39 is 10.0 Å². The van der Waals surface area contributed by atoms with E-state index in [0.717, 1.165) is 17.8 Å². The molecule has 24 heavy (non-hydrogen) atoms. The molecule has 0 radical (unpaired) electrons.